The van der Waals surface area contributed by atoms with Crippen molar-refractivity contribution in [3.8, 4) is 11.4 Å². The van der Waals surface area contributed by atoms with Crippen molar-refractivity contribution in [1.29, 1.82) is 0 Å². The van der Waals surface area contributed by atoms with E-state index in [1.807, 2.05) is 0 Å². The van der Waals surface area contributed by atoms with Crippen molar-refractivity contribution >= 4 is 26.8 Å². The number of hydrogen-bond donors (Lipinski definition) is 1. The maximum absolute atomic E-state index is 15.3. The van der Waals surface area contributed by atoms with Crippen LogP contribution in [0.25, 0.3) is 16.7 Å². The van der Waals surface area contributed by atoms with Crippen LogP contribution in [0.5, 0.6) is 5.75 Å². The molecule has 12 heteroatoms. The molecule has 0 spiro atoms. The van der Waals surface area contributed by atoms with Crippen molar-refractivity contribution in [3.05, 3.63) is 58.3 Å². The third-order valence-electron chi connectivity index (χ3n) is 6.37. The number of alkyl halides is 2. The quantitative estimate of drug-likeness (QED) is 0.528. The van der Waals surface area contributed by atoms with Gasteiger partial charge in [0.2, 0.25) is 0 Å². The first-order chi connectivity index (χ1) is 16.8. The molecule has 2 heterocycles. The standard InChI is InChI=1S/C24H26F3N3O5S/c1-14(2)29-19-12-17(21(31)28-24(3)7-9-36(33,34)10-8-24)18(25)13-20(19)30(23(29)32)15-5-4-6-16(11-15)35-22(26)27/h4-6,11-14,22H,7-10H2,1-3H3,(H,28,31). The van der Waals surface area contributed by atoms with Crippen LogP contribution in [0.3, 0.4) is 0 Å². The highest BCUT2D eigenvalue weighted by molar-refractivity contribution is 7.91. The monoisotopic (exact) mass is 525 g/mol. The molecular weight excluding hydrogens is 499 g/mol. The summed E-state index contributed by atoms with van der Waals surface area (Å²) in [5.74, 6) is -1.93. The molecule has 0 saturated carbocycles. The van der Waals surface area contributed by atoms with E-state index in [0.29, 0.717) is 0 Å². The van der Waals surface area contributed by atoms with Crippen molar-refractivity contribution in [2.24, 2.45) is 0 Å². The normalized spacial score (nSPS) is 17.0. The molecule has 0 bridgehead atoms. The fourth-order valence-electron chi connectivity index (χ4n) is 4.41. The number of carbonyl (C=O) groups is 1. The van der Waals surface area contributed by atoms with E-state index in [4.69, 9.17) is 0 Å². The van der Waals surface area contributed by atoms with E-state index in [9.17, 15) is 26.8 Å². The number of imidazole rings is 1. The number of fused-ring (bicyclic) bond motifs is 1. The fraction of sp³-hybridized carbons (Fsp3) is 0.417. The summed E-state index contributed by atoms with van der Waals surface area (Å²) in [7, 11) is -3.16. The predicted octanol–water partition coefficient (Wildman–Crippen LogP) is 3.81. The molecule has 0 radical (unpaired) electrons. The average molecular weight is 526 g/mol. The minimum atomic E-state index is -3.16. The largest absolute Gasteiger partial charge is 0.435 e. The number of aromatic nitrogens is 2. The van der Waals surface area contributed by atoms with Crippen molar-refractivity contribution in [2.45, 2.75) is 51.8 Å². The average Bonchev–Trinajstić information content (AvgIpc) is 3.06. The number of amides is 1. The summed E-state index contributed by atoms with van der Waals surface area (Å²) < 4.78 is 71.2. The van der Waals surface area contributed by atoms with Gasteiger partial charge in [-0.1, -0.05) is 6.07 Å². The van der Waals surface area contributed by atoms with Crippen molar-refractivity contribution in [3.63, 3.8) is 0 Å². The van der Waals surface area contributed by atoms with Gasteiger partial charge < -0.3 is 10.1 Å². The van der Waals surface area contributed by atoms with Crippen LogP contribution in [0, 0.1) is 5.82 Å². The highest BCUT2D eigenvalue weighted by atomic mass is 32.2. The van der Waals surface area contributed by atoms with Gasteiger partial charge in [-0.15, -0.1) is 0 Å². The van der Waals surface area contributed by atoms with Gasteiger partial charge >= 0.3 is 12.3 Å². The molecule has 4 rings (SSSR count). The van der Waals surface area contributed by atoms with Crippen LogP contribution in [0.1, 0.15) is 50.0 Å². The summed E-state index contributed by atoms with van der Waals surface area (Å²) in [5, 5.41) is 2.76. The number of ether oxygens (including phenoxy) is 1. The molecule has 1 amide bonds. The second-order valence-electron chi connectivity index (χ2n) is 9.44. The summed E-state index contributed by atoms with van der Waals surface area (Å²) in [5.41, 5.74) is -1.05. The third kappa shape index (κ3) is 4.99. The van der Waals surface area contributed by atoms with Crippen LogP contribution < -0.4 is 15.7 Å². The van der Waals surface area contributed by atoms with Gasteiger partial charge in [0.25, 0.3) is 5.91 Å². The van der Waals surface area contributed by atoms with E-state index < -0.39 is 39.4 Å². The Bertz CT molecular complexity index is 1480. The molecule has 2 aromatic carbocycles. The zero-order valence-electron chi connectivity index (χ0n) is 19.9. The second-order valence-corrected chi connectivity index (χ2v) is 11.7. The lowest BCUT2D eigenvalue weighted by atomic mass is 9.94. The number of nitrogens with one attached hydrogen (secondary N) is 1. The van der Waals surface area contributed by atoms with Crippen LogP contribution in [0.4, 0.5) is 13.2 Å². The lowest BCUT2D eigenvalue weighted by molar-refractivity contribution is -0.0498. The van der Waals surface area contributed by atoms with E-state index in [-0.39, 0.29) is 58.4 Å². The highest BCUT2D eigenvalue weighted by Crippen LogP contribution is 2.28. The van der Waals surface area contributed by atoms with Gasteiger partial charge in [-0.05, 0) is 51.8 Å². The van der Waals surface area contributed by atoms with Gasteiger partial charge in [-0.2, -0.15) is 8.78 Å². The highest BCUT2D eigenvalue weighted by Gasteiger charge is 2.35. The lowest BCUT2D eigenvalue weighted by Crippen LogP contribution is -2.51. The van der Waals surface area contributed by atoms with Crippen LogP contribution in [-0.2, 0) is 9.84 Å². The molecule has 3 aromatic rings. The molecule has 1 saturated heterocycles. The van der Waals surface area contributed by atoms with Crippen molar-refractivity contribution in [2.75, 3.05) is 11.5 Å². The number of hydrogen-bond acceptors (Lipinski definition) is 5. The number of halogens is 3. The van der Waals surface area contributed by atoms with Gasteiger partial charge in [0.05, 0.1) is 33.8 Å². The Morgan fingerprint density at radius 1 is 1.11 bits per heavy atom. The lowest BCUT2D eigenvalue weighted by Gasteiger charge is -2.34. The van der Waals surface area contributed by atoms with Crippen LogP contribution >= 0.6 is 0 Å². The van der Waals surface area contributed by atoms with Crippen molar-refractivity contribution < 1.29 is 31.1 Å². The van der Waals surface area contributed by atoms with E-state index >= 15 is 4.39 Å². The Balaban J connectivity index is 1.79. The molecule has 1 aliphatic rings. The first-order valence-electron chi connectivity index (χ1n) is 11.3. The zero-order chi connectivity index (χ0) is 26.4. The minimum absolute atomic E-state index is 0.0740. The molecule has 194 valence electrons. The smallest absolute Gasteiger partial charge is 0.387 e. The zero-order valence-corrected chi connectivity index (χ0v) is 20.7. The Kier molecular flexibility index (Phi) is 6.67. The molecule has 1 N–H and O–H groups in total. The summed E-state index contributed by atoms with van der Waals surface area (Å²) in [6.45, 7) is 2.14. The molecule has 1 aliphatic heterocycles. The summed E-state index contributed by atoms with van der Waals surface area (Å²) in [6.07, 6.45) is 0.407. The van der Waals surface area contributed by atoms with Crippen LogP contribution in [0.2, 0.25) is 0 Å². The first-order valence-corrected chi connectivity index (χ1v) is 13.2. The van der Waals surface area contributed by atoms with Crippen molar-refractivity contribution in [1.82, 2.24) is 14.5 Å². The van der Waals surface area contributed by atoms with E-state index in [2.05, 4.69) is 10.1 Å². The molecule has 0 atom stereocenters. The number of rotatable bonds is 6. The Hall–Kier alpha value is -3.28. The van der Waals surface area contributed by atoms with Gasteiger partial charge in [0.1, 0.15) is 21.4 Å². The maximum Gasteiger partial charge on any atom is 0.387 e. The molecule has 8 nitrogen and oxygen atoms in total. The summed E-state index contributed by atoms with van der Waals surface area (Å²) >= 11 is 0. The molecule has 1 fully saturated rings. The number of carbonyl (C=O) groups excluding carboxylic acids is 1. The van der Waals surface area contributed by atoms with E-state index in [1.165, 1.54) is 39.5 Å². The number of benzene rings is 2. The van der Waals surface area contributed by atoms with Gasteiger partial charge in [-0.3, -0.25) is 13.9 Å². The SMILES string of the molecule is CC(C)n1c(=O)n(-c2cccc(OC(F)F)c2)c2cc(F)c(C(=O)NC3(C)CCS(=O)(=O)CC3)cc21. The van der Waals surface area contributed by atoms with Gasteiger partial charge in [0.15, 0.2) is 0 Å². The number of nitrogens with zero attached hydrogens (tertiary/aromatic N) is 2. The molecule has 0 unspecified atom stereocenters. The second kappa shape index (κ2) is 9.30. The predicted molar refractivity (Wildman–Crippen MR) is 128 cm³/mol. The van der Waals surface area contributed by atoms with E-state index in [0.717, 1.165) is 6.07 Å². The molecule has 36 heavy (non-hydrogen) atoms. The topological polar surface area (TPSA) is 99.4 Å². The third-order valence-corrected chi connectivity index (χ3v) is 8.02. The van der Waals surface area contributed by atoms with E-state index in [1.54, 1.807) is 20.8 Å². The van der Waals surface area contributed by atoms with Gasteiger partial charge in [0, 0.05) is 23.7 Å². The Labute approximate surface area is 205 Å². The maximum atomic E-state index is 15.3. The van der Waals surface area contributed by atoms with Crippen LogP contribution in [0.15, 0.2) is 41.2 Å². The van der Waals surface area contributed by atoms with Crippen LogP contribution in [-0.4, -0.2) is 47.1 Å². The Morgan fingerprint density at radius 3 is 2.39 bits per heavy atom. The molecule has 1 aromatic heterocycles. The minimum Gasteiger partial charge on any atom is -0.435 e. The fourth-order valence-corrected chi connectivity index (χ4v) is 6.14. The molecular formula is C24H26F3N3O5S. The summed E-state index contributed by atoms with van der Waals surface area (Å²) in [6, 6.07) is 7.45. The van der Waals surface area contributed by atoms with Gasteiger partial charge in [-0.25, -0.2) is 17.6 Å². The summed E-state index contributed by atoms with van der Waals surface area (Å²) in [4.78, 5) is 26.4. The Morgan fingerprint density at radius 2 is 1.78 bits per heavy atom. The number of sulfone groups is 1. The molecule has 0 aliphatic carbocycles. The first kappa shape index (κ1) is 25.8.